The number of carbonyl (C=O) groups excluding carboxylic acids is 1. The van der Waals surface area contributed by atoms with Crippen LogP contribution in [0.4, 0.5) is 0 Å². The molecule has 0 aromatic heterocycles. The third-order valence-corrected chi connectivity index (χ3v) is 3.89. The van der Waals surface area contributed by atoms with Gasteiger partial charge in [0, 0.05) is 11.7 Å². The Bertz CT molecular complexity index is 331. The highest BCUT2D eigenvalue weighted by Gasteiger charge is 2.44. The van der Waals surface area contributed by atoms with Gasteiger partial charge < -0.3 is 4.74 Å². The molecule has 0 heterocycles. The van der Waals surface area contributed by atoms with Crippen LogP contribution in [0.2, 0.25) is 0 Å². The predicted molar refractivity (Wildman–Crippen MR) is 57.0 cm³/mol. The Labute approximate surface area is 93.6 Å². The molecule has 0 saturated heterocycles. The van der Waals surface area contributed by atoms with Crippen molar-refractivity contribution in [2.75, 3.05) is 18.8 Å². The van der Waals surface area contributed by atoms with Crippen LogP contribution in [-0.4, -0.2) is 37.9 Å². The largest absolute Gasteiger partial charge is 0.455 e. The van der Waals surface area contributed by atoms with Gasteiger partial charge in [-0.3, -0.25) is 8.98 Å². The van der Waals surface area contributed by atoms with E-state index < -0.39 is 10.1 Å². The molecule has 0 amide bonds. The first kappa shape index (κ1) is 12.8. The van der Waals surface area contributed by atoms with Gasteiger partial charge in [-0.2, -0.15) is 8.42 Å². The van der Waals surface area contributed by atoms with Gasteiger partial charge in [0.2, 0.25) is 0 Å². The van der Waals surface area contributed by atoms with Gasteiger partial charge in [-0.05, 0) is 12.8 Å². The zero-order valence-electron chi connectivity index (χ0n) is 8.69. The first-order valence-electron chi connectivity index (χ1n) is 4.45. The number of ether oxygens (including phenoxy) is 1. The molecular formula is C8H14O5S2. The maximum atomic E-state index is 10.8. The fraction of sp³-hybridized carbons (Fsp3) is 0.875. The molecule has 1 fully saturated rings. The maximum absolute atomic E-state index is 10.8. The van der Waals surface area contributed by atoms with Gasteiger partial charge in [0.05, 0.1) is 12.9 Å². The quantitative estimate of drug-likeness (QED) is 0.396. The summed E-state index contributed by atoms with van der Waals surface area (Å²) in [6, 6.07) is 0. The molecule has 0 aromatic rings. The van der Waals surface area contributed by atoms with E-state index >= 15 is 0 Å². The Morgan fingerprint density at radius 2 is 2.07 bits per heavy atom. The van der Waals surface area contributed by atoms with Crippen molar-refractivity contribution in [3.8, 4) is 0 Å². The van der Waals surface area contributed by atoms with E-state index in [0.29, 0.717) is 0 Å². The topological polar surface area (TPSA) is 69.7 Å². The summed E-state index contributed by atoms with van der Waals surface area (Å²) in [6.45, 7) is 1.50. The van der Waals surface area contributed by atoms with Crippen molar-refractivity contribution < 1.29 is 22.1 Å². The summed E-state index contributed by atoms with van der Waals surface area (Å²) in [4.78, 5) is 10.5. The summed E-state index contributed by atoms with van der Waals surface area (Å²) in [5.74, 6) is -0.0787. The molecule has 0 N–H and O–H groups in total. The average molecular weight is 254 g/mol. The van der Waals surface area contributed by atoms with Crippen LogP contribution in [0.15, 0.2) is 0 Å². The molecule has 1 aliphatic carbocycles. The molecule has 0 spiro atoms. The highest BCUT2D eigenvalue weighted by Crippen LogP contribution is 2.48. The second-order valence-corrected chi connectivity index (χ2v) is 6.58. The molecule has 1 aliphatic rings. The summed E-state index contributed by atoms with van der Waals surface area (Å²) in [5, 5.41) is 0. The fourth-order valence-electron chi connectivity index (χ4n) is 0.922. The third-order valence-electron chi connectivity index (χ3n) is 1.97. The van der Waals surface area contributed by atoms with Crippen LogP contribution >= 0.6 is 11.8 Å². The van der Waals surface area contributed by atoms with Crippen LogP contribution in [0.25, 0.3) is 0 Å². The molecule has 0 aromatic carbocycles. The second kappa shape index (κ2) is 4.71. The predicted octanol–water partition coefficient (Wildman–Crippen LogP) is 0.749. The van der Waals surface area contributed by atoms with Gasteiger partial charge >= 0.3 is 5.97 Å². The lowest BCUT2D eigenvalue weighted by Gasteiger charge is -2.13. The lowest BCUT2D eigenvalue weighted by molar-refractivity contribution is -0.138. The Kier molecular flexibility index (Phi) is 4.02. The summed E-state index contributed by atoms with van der Waals surface area (Å²) in [7, 11) is -3.38. The molecule has 0 aliphatic heterocycles. The first-order chi connectivity index (χ1) is 6.83. The van der Waals surface area contributed by atoms with Crippen LogP contribution in [-0.2, 0) is 23.8 Å². The molecular weight excluding hydrogens is 240 g/mol. The van der Waals surface area contributed by atoms with E-state index in [1.807, 2.05) is 0 Å². The monoisotopic (exact) mass is 254 g/mol. The molecule has 0 unspecified atom stereocenters. The Morgan fingerprint density at radius 3 is 2.47 bits per heavy atom. The molecule has 0 radical (unpaired) electrons. The second-order valence-electron chi connectivity index (χ2n) is 3.55. The summed E-state index contributed by atoms with van der Waals surface area (Å²) >= 11 is 1.43. The van der Waals surface area contributed by atoms with Crippen LogP contribution in [0.5, 0.6) is 0 Å². The lowest BCUT2D eigenvalue weighted by Crippen LogP contribution is -2.18. The van der Waals surface area contributed by atoms with Crippen LogP contribution in [0, 0.1) is 0 Å². The first-order valence-corrected chi connectivity index (χ1v) is 7.25. The normalized spacial score (nSPS) is 18.5. The minimum absolute atomic E-state index is 0.164. The van der Waals surface area contributed by atoms with Crippen molar-refractivity contribution in [2.24, 2.45) is 0 Å². The molecule has 1 rings (SSSR count). The Hall–Kier alpha value is -0.270. The third kappa shape index (κ3) is 5.39. The standard InChI is InChI=1S/C8H14O5S2/c1-7(9)12-6-14-8(3-4-8)5-13-15(2,10)11/h3-6H2,1-2H3. The van der Waals surface area contributed by atoms with Gasteiger partial charge in [0.15, 0.2) is 0 Å². The zero-order valence-corrected chi connectivity index (χ0v) is 10.3. The Balaban J connectivity index is 2.25. The highest BCUT2D eigenvalue weighted by atomic mass is 32.2. The molecule has 7 heteroatoms. The number of hydrogen-bond donors (Lipinski definition) is 0. The van der Waals surface area contributed by atoms with Crippen molar-refractivity contribution in [1.82, 2.24) is 0 Å². The van der Waals surface area contributed by atoms with Crippen LogP contribution in [0.1, 0.15) is 19.8 Å². The highest BCUT2D eigenvalue weighted by molar-refractivity contribution is 8.00. The van der Waals surface area contributed by atoms with Crippen molar-refractivity contribution in [1.29, 1.82) is 0 Å². The SMILES string of the molecule is CC(=O)OCSC1(COS(C)(=O)=O)CC1. The van der Waals surface area contributed by atoms with Gasteiger partial charge in [-0.25, -0.2) is 0 Å². The van der Waals surface area contributed by atoms with E-state index in [1.165, 1.54) is 18.7 Å². The number of carbonyl (C=O) groups is 1. The van der Waals surface area contributed by atoms with E-state index in [0.717, 1.165) is 19.1 Å². The number of esters is 1. The van der Waals surface area contributed by atoms with E-state index in [4.69, 9.17) is 8.92 Å². The summed E-state index contributed by atoms with van der Waals surface area (Å²) < 4.78 is 30.9. The fourth-order valence-corrected chi connectivity index (χ4v) is 2.44. The number of hydrogen-bond acceptors (Lipinski definition) is 6. The van der Waals surface area contributed by atoms with Crippen LogP contribution < -0.4 is 0 Å². The van der Waals surface area contributed by atoms with Crippen molar-refractivity contribution in [2.45, 2.75) is 24.5 Å². The minimum atomic E-state index is -3.38. The van der Waals surface area contributed by atoms with Gasteiger partial charge in [0.1, 0.15) is 5.94 Å². The van der Waals surface area contributed by atoms with Gasteiger partial charge in [-0.15, -0.1) is 11.8 Å². The molecule has 88 valence electrons. The lowest BCUT2D eigenvalue weighted by atomic mass is 10.5. The van der Waals surface area contributed by atoms with Crippen molar-refractivity contribution in [3.63, 3.8) is 0 Å². The molecule has 1 saturated carbocycles. The van der Waals surface area contributed by atoms with Crippen molar-refractivity contribution >= 4 is 27.8 Å². The number of thioether (sulfide) groups is 1. The van der Waals surface area contributed by atoms with Crippen molar-refractivity contribution in [3.05, 3.63) is 0 Å². The van der Waals surface area contributed by atoms with Gasteiger partial charge in [-0.1, -0.05) is 0 Å². The molecule has 15 heavy (non-hydrogen) atoms. The summed E-state index contributed by atoms with van der Waals surface area (Å²) in [6.07, 6.45) is 2.82. The van der Waals surface area contributed by atoms with E-state index in [9.17, 15) is 13.2 Å². The maximum Gasteiger partial charge on any atom is 0.303 e. The number of rotatable bonds is 6. The van der Waals surface area contributed by atoms with E-state index in [1.54, 1.807) is 0 Å². The molecule has 0 atom stereocenters. The van der Waals surface area contributed by atoms with E-state index in [-0.39, 0.29) is 23.3 Å². The van der Waals surface area contributed by atoms with Gasteiger partial charge in [0.25, 0.3) is 10.1 Å². The molecule has 0 bridgehead atoms. The average Bonchev–Trinajstić information content (AvgIpc) is 2.80. The summed E-state index contributed by atoms with van der Waals surface area (Å²) in [5.41, 5.74) is 0. The van der Waals surface area contributed by atoms with E-state index in [2.05, 4.69) is 0 Å². The Morgan fingerprint density at radius 1 is 1.47 bits per heavy atom. The minimum Gasteiger partial charge on any atom is -0.455 e. The van der Waals surface area contributed by atoms with Crippen LogP contribution in [0.3, 0.4) is 0 Å². The molecule has 5 nitrogen and oxygen atoms in total. The smallest absolute Gasteiger partial charge is 0.303 e. The zero-order chi connectivity index (χ0) is 11.5.